The average molecular weight is 230 g/mol. The van der Waals surface area contributed by atoms with E-state index in [4.69, 9.17) is 10.8 Å². The van der Waals surface area contributed by atoms with Gasteiger partial charge in [0.05, 0.1) is 18.1 Å². The highest BCUT2D eigenvalue weighted by atomic mass is 16.4. The maximum atomic E-state index is 10.5. The molecule has 3 N–H and O–H groups in total. The van der Waals surface area contributed by atoms with Crippen LogP contribution in [-0.4, -0.2) is 26.1 Å². The first-order chi connectivity index (χ1) is 8.16. The number of nitrogens with two attached hydrogens (primary N) is 1. The molecule has 17 heavy (non-hydrogen) atoms. The first-order valence-corrected chi connectivity index (χ1v) is 4.84. The molecule has 0 unspecified atom stereocenters. The SMILES string of the molecule is NC(=Cc1ccc(-n2ccnn2)cc1)C(=O)O. The van der Waals surface area contributed by atoms with Crippen molar-refractivity contribution in [3.05, 3.63) is 47.9 Å². The monoisotopic (exact) mass is 230 g/mol. The molecule has 1 aromatic carbocycles. The summed E-state index contributed by atoms with van der Waals surface area (Å²) in [6.45, 7) is 0. The molecule has 0 bridgehead atoms. The molecule has 0 radical (unpaired) electrons. The van der Waals surface area contributed by atoms with Gasteiger partial charge in [0.1, 0.15) is 5.70 Å². The molecule has 2 rings (SSSR count). The van der Waals surface area contributed by atoms with E-state index in [-0.39, 0.29) is 5.70 Å². The fraction of sp³-hybridized carbons (Fsp3) is 0. The van der Waals surface area contributed by atoms with Crippen molar-refractivity contribution in [2.45, 2.75) is 0 Å². The third kappa shape index (κ3) is 2.49. The number of carboxylic acids is 1. The summed E-state index contributed by atoms with van der Waals surface area (Å²) in [5, 5.41) is 16.2. The van der Waals surface area contributed by atoms with E-state index in [0.717, 1.165) is 5.69 Å². The minimum Gasteiger partial charge on any atom is -0.477 e. The normalized spacial score (nSPS) is 11.4. The number of nitrogens with zero attached hydrogens (tertiary/aromatic N) is 3. The van der Waals surface area contributed by atoms with Crippen LogP contribution in [0.4, 0.5) is 0 Å². The number of carboxylic acid groups (broad SMARTS) is 1. The Labute approximate surface area is 97.0 Å². The fourth-order valence-corrected chi connectivity index (χ4v) is 1.31. The van der Waals surface area contributed by atoms with E-state index in [2.05, 4.69) is 10.3 Å². The summed E-state index contributed by atoms with van der Waals surface area (Å²) in [5.74, 6) is -1.13. The molecule has 0 amide bonds. The third-order valence-electron chi connectivity index (χ3n) is 2.15. The Kier molecular flexibility index (Phi) is 2.87. The Morgan fingerprint density at radius 3 is 2.59 bits per heavy atom. The van der Waals surface area contributed by atoms with Gasteiger partial charge in [-0.15, -0.1) is 5.10 Å². The second kappa shape index (κ2) is 4.48. The molecular formula is C11H10N4O2. The highest BCUT2D eigenvalue weighted by molar-refractivity contribution is 5.90. The van der Waals surface area contributed by atoms with Crippen molar-refractivity contribution >= 4 is 12.0 Å². The van der Waals surface area contributed by atoms with E-state index in [1.54, 1.807) is 41.3 Å². The van der Waals surface area contributed by atoms with Gasteiger partial charge in [0.15, 0.2) is 0 Å². The predicted octanol–water partition coefficient (Wildman–Crippen LogP) is 0.652. The number of aromatic nitrogens is 3. The fourth-order valence-electron chi connectivity index (χ4n) is 1.31. The van der Waals surface area contributed by atoms with E-state index < -0.39 is 5.97 Å². The topological polar surface area (TPSA) is 94.0 Å². The summed E-state index contributed by atoms with van der Waals surface area (Å²) in [4.78, 5) is 10.5. The number of benzene rings is 1. The summed E-state index contributed by atoms with van der Waals surface area (Å²) in [6, 6.07) is 7.12. The summed E-state index contributed by atoms with van der Waals surface area (Å²) in [6.07, 6.45) is 4.69. The lowest BCUT2D eigenvalue weighted by atomic mass is 10.2. The van der Waals surface area contributed by atoms with Gasteiger partial charge in [-0.25, -0.2) is 9.48 Å². The van der Waals surface area contributed by atoms with Crippen LogP contribution in [0.5, 0.6) is 0 Å². The van der Waals surface area contributed by atoms with Gasteiger partial charge in [-0.05, 0) is 23.8 Å². The van der Waals surface area contributed by atoms with Gasteiger partial charge in [-0.3, -0.25) is 0 Å². The maximum absolute atomic E-state index is 10.5. The molecular weight excluding hydrogens is 220 g/mol. The lowest BCUT2D eigenvalue weighted by Gasteiger charge is -2.00. The Bertz CT molecular complexity index is 543. The van der Waals surface area contributed by atoms with Gasteiger partial charge >= 0.3 is 5.97 Å². The molecule has 6 nitrogen and oxygen atoms in total. The van der Waals surface area contributed by atoms with Crippen LogP contribution < -0.4 is 5.73 Å². The van der Waals surface area contributed by atoms with Crippen LogP contribution in [0.1, 0.15) is 5.56 Å². The highest BCUT2D eigenvalue weighted by Gasteiger charge is 2.01. The van der Waals surface area contributed by atoms with E-state index >= 15 is 0 Å². The molecule has 6 heteroatoms. The van der Waals surface area contributed by atoms with Crippen LogP contribution >= 0.6 is 0 Å². The van der Waals surface area contributed by atoms with Gasteiger partial charge in [0.25, 0.3) is 0 Å². The first kappa shape index (κ1) is 10.9. The lowest BCUT2D eigenvalue weighted by Crippen LogP contribution is -2.09. The molecule has 1 heterocycles. The summed E-state index contributed by atoms with van der Waals surface area (Å²) in [7, 11) is 0. The van der Waals surface area contributed by atoms with Crippen LogP contribution in [0.3, 0.4) is 0 Å². The molecule has 0 aliphatic carbocycles. The van der Waals surface area contributed by atoms with E-state index in [1.165, 1.54) is 6.08 Å². The molecule has 2 aromatic rings. The third-order valence-corrected chi connectivity index (χ3v) is 2.15. The number of carbonyl (C=O) groups is 1. The van der Waals surface area contributed by atoms with Crippen molar-refractivity contribution in [2.24, 2.45) is 5.73 Å². The number of aliphatic carboxylic acids is 1. The molecule has 0 aliphatic heterocycles. The molecule has 0 aliphatic rings. The zero-order valence-corrected chi connectivity index (χ0v) is 8.82. The van der Waals surface area contributed by atoms with Crippen molar-refractivity contribution in [1.82, 2.24) is 15.0 Å². The zero-order valence-electron chi connectivity index (χ0n) is 8.82. The number of hydrogen-bond donors (Lipinski definition) is 2. The van der Waals surface area contributed by atoms with Crippen LogP contribution in [0, 0.1) is 0 Å². The number of rotatable bonds is 3. The van der Waals surface area contributed by atoms with Crippen molar-refractivity contribution in [3.63, 3.8) is 0 Å². The maximum Gasteiger partial charge on any atom is 0.351 e. The largest absolute Gasteiger partial charge is 0.477 e. The first-order valence-electron chi connectivity index (χ1n) is 4.84. The van der Waals surface area contributed by atoms with E-state index in [1.807, 2.05) is 0 Å². The molecule has 0 atom stereocenters. The van der Waals surface area contributed by atoms with Crippen LogP contribution in [0.2, 0.25) is 0 Å². The van der Waals surface area contributed by atoms with Crippen LogP contribution in [0.15, 0.2) is 42.4 Å². The molecule has 0 fully saturated rings. The van der Waals surface area contributed by atoms with E-state index in [0.29, 0.717) is 5.56 Å². The molecule has 0 spiro atoms. The Morgan fingerprint density at radius 2 is 2.06 bits per heavy atom. The molecule has 1 aromatic heterocycles. The Morgan fingerprint density at radius 1 is 1.35 bits per heavy atom. The van der Waals surface area contributed by atoms with Crippen molar-refractivity contribution in [2.75, 3.05) is 0 Å². The predicted molar refractivity (Wildman–Crippen MR) is 61.2 cm³/mol. The van der Waals surface area contributed by atoms with Crippen molar-refractivity contribution < 1.29 is 9.90 Å². The summed E-state index contributed by atoms with van der Waals surface area (Å²) < 4.78 is 1.61. The summed E-state index contributed by atoms with van der Waals surface area (Å²) in [5.41, 5.74) is 6.68. The van der Waals surface area contributed by atoms with Gasteiger partial charge in [0.2, 0.25) is 0 Å². The zero-order chi connectivity index (χ0) is 12.3. The summed E-state index contributed by atoms with van der Waals surface area (Å²) >= 11 is 0. The molecule has 0 saturated heterocycles. The average Bonchev–Trinajstić information content (AvgIpc) is 2.83. The van der Waals surface area contributed by atoms with Gasteiger partial charge in [-0.2, -0.15) is 0 Å². The number of hydrogen-bond acceptors (Lipinski definition) is 4. The molecule has 86 valence electrons. The minimum atomic E-state index is -1.13. The second-order valence-corrected chi connectivity index (χ2v) is 3.34. The van der Waals surface area contributed by atoms with Gasteiger partial charge in [0, 0.05) is 0 Å². The minimum absolute atomic E-state index is 0.196. The van der Waals surface area contributed by atoms with Gasteiger partial charge in [-0.1, -0.05) is 17.3 Å². The van der Waals surface area contributed by atoms with Gasteiger partial charge < -0.3 is 10.8 Å². The van der Waals surface area contributed by atoms with Crippen molar-refractivity contribution in [3.8, 4) is 5.69 Å². The Balaban J connectivity index is 2.25. The highest BCUT2D eigenvalue weighted by Crippen LogP contribution is 2.10. The van der Waals surface area contributed by atoms with Crippen LogP contribution in [-0.2, 0) is 4.79 Å². The molecule has 0 saturated carbocycles. The van der Waals surface area contributed by atoms with Crippen LogP contribution in [0.25, 0.3) is 11.8 Å². The smallest absolute Gasteiger partial charge is 0.351 e. The van der Waals surface area contributed by atoms with E-state index in [9.17, 15) is 4.79 Å². The Hall–Kier alpha value is -2.63. The van der Waals surface area contributed by atoms with Crippen molar-refractivity contribution in [1.29, 1.82) is 0 Å². The lowest BCUT2D eigenvalue weighted by molar-refractivity contribution is -0.132. The quantitative estimate of drug-likeness (QED) is 0.755. The second-order valence-electron chi connectivity index (χ2n) is 3.34. The standard InChI is InChI=1S/C11H10N4O2/c12-10(11(16)17)7-8-1-3-9(4-2-8)15-6-5-13-14-15/h1-7H,12H2,(H,16,17).